The zero-order valence-electron chi connectivity index (χ0n) is 14.1. The van der Waals surface area contributed by atoms with E-state index in [2.05, 4.69) is 27.8 Å². The van der Waals surface area contributed by atoms with Gasteiger partial charge in [-0.3, -0.25) is 14.9 Å². The van der Waals surface area contributed by atoms with Crippen molar-refractivity contribution >= 4 is 39.6 Å². The Kier molecular flexibility index (Phi) is 7.01. The largest absolute Gasteiger partial charge is 0.457 e. The summed E-state index contributed by atoms with van der Waals surface area (Å²) < 4.78 is 5.70. The third-order valence-electron chi connectivity index (χ3n) is 3.30. The molecule has 7 nitrogen and oxygen atoms in total. The number of non-ortho nitro benzene ring substituents is 1. The minimum atomic E-state index is -0.753. The summed E-state index contributed by atoms with van der Waals surface area (Å²) in [5.74, 6) is -1.25. The Bertz CT molecular complexity index is 907. The highest BCUT2D eigenvalue weighted by Crippen LogP contribution is 2.15. The fourth-order valence-electron chi connectivity index (χ4n) is 2.04. The molecular formula is C19H15BrN2O5. The first kappa shape index (κ1) is 20.1. The Morgan fingerprint density at radius 2 is 1.93 bits per heavy atom. The van der Waals surface area contributed by atoms with Gasteiger partial charge in [-0.1, -0.05) is 34.7 Å². The summed E-state index contributed by atoms with van der Waals surface area (Å²) in [4.78, 5) is 34.9. The number of nitro benzene ring substituents is 1. The Morgan fingerprint density at radius 1 is 1.22 bits per heavy atom. The van der Waals surface area contributed by atoms with E-state index in [9.17, 15) is 19.7 Å². The molecule has 0 aromatic heterocycles. The van der Waals surface area contributed by atoms with Crippen LogP contribution in [-0.4, -0.2) is 23.4 Å². The van der Waals surface area contributed by atoms with Gasteiger partial charge in [0, 0.05) is 22.2 Å². The third kappa shape index (κ3) is 5.89. The Hall–Kier alpha value is -3.26. The van der Waals surface area contributed by atoms with Crippen molar-refractivity contribution in [1.29, 1.82) is 0 Å². The van der Waals surface area contributed by atoms with Gasteiger partial charge in [-0.15, -0.1) is 0 Å². The molecule has 1 N–H and O–H groups in total. The molecular weight excluding hydrogens is 416 g/mol. The van der Waals surface area contributed by atoms with Crippen molar-refractivity contribution in [3.05, 3.63) is 92.6 Å². The lowest BCUT2D eigenvalue weighted by Crippen LogP contribution is -2.28. The number of nitrogens with one attached hydrogen (secondary N) is 1. The van der Waals surface area contributed by atoms with Crippen LogP contribution in [0.1, 0.15) is 15.9 Å². The summed E-state index contributed by atoms with van der Waals surface area (Å²) in [5.41, 5.74) is 0.646. The number of carbonyl (C=O) groups is 2. The van der Waals surface area contributed by atoms with Crippen molar-refractivity contribution in [3.63, 3.8) is 0 Å². The van der Waals surface area contributed by atoms with Crippen LogP contribution < -0.4 is 5.32 Å². The number of hydrogen-bond donors (Lipinski definition) is 1. The SMILES string of the molecule is C=CCOC(=O)/C(=C/c1ccc([N+](=O)[O-])cc1)NC(=O)c1cccc(Br)c1. The molecule has 0 heterocycles. The molecule has 2 aromatic rings. The number of hydrogen-bond acceptors (Lipinski definition) is 5. The zero-order valence-corrected chi connectivity index (χ0v) is 15.6. The highest BCUT2D eigenvalue weighted by molar-refractivity contribution is 9.10. The first-order valence-corrected chi connectivity index (χ1v) is 8.51. The van der Waals surface area contributed by atoms with E-state index in [4.69, 9.17) is 4.74 Å². The van der Waals surface area contributed by atoms with Gasteiger partial charge in [0.1, 0.15) is 12.3 Å². The first-order chi connectivity index (χ1) is 12.9. The van der Waals surface area contributed by atoms with Crippen LogP contribution in [0.3, 0.4) is 0 Å². The summed E-state index contributed by atoms with van der Waals surface area (Å²) in [6.45, 7) is 3.44. The average Bonchev–Trinajstić information content (AvgIpc) is 2.65. The van der Waals surface area contributed by atoms with Crippen LogP contribution in [0.15, 0.2) is 71.4 Å². The van der Waals surface area contributed by atoms with Crippen LogP contribution >= 0.6 is 15.9 Å². The van der Waals surface area contributed by atoms with Crippen molar-refractivity contribution in [1.82, 2.24) is 5.32 Å². The second kappa shape index (κ2) is 9.44. The van der Waals surface area contributed by atoms with E-state index in [0.717, 1.165) is 0 Å². The van der Waals surface area contributed by atoms with Crippen molar-refractivity contribution in [2.45, 2.75) is 0 Å². The van der Waals surface area contributed by atoms with Crippen LogP contribution in [-0.2, 0) is 9.53 Å². The van der Waals surface area contributed by atoms with Crippen molar-refractivity contribution < 1.29 is 19.2 Å². The van der Waals surface area contributed by atoms with Crippen molar-refractivity contribution in [2.75, 3.05) is 6.61 Å². The number of nitro groups is 1. The lowest BCUT2D eigenvalue weighted by Gasteiger charge is -2.10. The summed E-state index contributed by atoms with van der Waals surface area (Å²) in [5, 5.41) is 13.3. The van der Waals surface area contributed by atoms with Gasteiger partial charge in [-0.05, 0) is 42.0 Å². The molecule has 0 fully saturated rings. The third-order valence-corrected chi connectivity index (χ3v) is 3.80. The van der Waals surface area contributed by atoms with E-state index < -0.39 is 16.8 Å². The van der Waals surface area contributed by atoms with Gasteiger partial charge in [0.05, 0.1) is 4.92 Å². The lowest BCUT2D eigenvalue weighted by atomic mass is 10.1. The van der Waals surface area contributed by atoms with Crippen molar-refractivity contribution in [2.24, 2.45) is 0 Å². The number of ether oxygens (including phenoxy) is 1. The number of nitrogens with zero attached hydrogens (tertiary/aromatic N) is 1. The van der Waals surface area contributed by atoms with Gasteiger partial charge in [-0.25, -0.2) is 4.79 Å². The second-order valence-electron chi connectivity index (χ2n) is 5.26. The fraction of sp³-hybridized carbons (Fsp3) is 0.0526. The number of rotatable bonds is 7. The maximum absolute atomic E-state index is 12.4. The van der Waals surface area contributed by atoms with E-state index in [1.807, 2.05) is 0 Å². The zero-order chi connectivity index (χ0) is 19.8. The predicted octanol–water partition coefficient (Wildman–Crippen LogP) is 3.86. The predicted molar refractivity (Wildman–Crippen MR) is 104 cm³/mol. The standard InChI is InChI=1S/C19H15BrN2O5/c1-2-10-27-19(24)17(11-13-6-8-16(9-7-13)22(25)26)21-18(23)14-4-3-5-15(20)12-14/h2-9,11-12H,1,10H2,(H,21,23)/b17-11-. The van der Waals surface area contributed by atoms with Gasteiger partial charge >= 0.3 is 5.97 Å². The highest BCUT2D eigenvalue weighted by Gasteiger charge is 2.16. The minimum absolute atomic E-state index is 0.0246. The van der Waals surface area contributed by atoms with E-state index >= 15 is 0 Å². The molecule has 8 heteroatoms. The number of amides is 1. The quantitative estimate of drug-likeness (QED) is 0.236. The molecule has 2 rings (SSSR count). The van der Waals surface area contributed by atoms with E-state index in [1.165, 1.54) is 36.4 Å². The maximum atomic E-state index is 12.4. The molecule has 0 aliphatic heterocycles. The molecule has 0 radical (unpaired) electrons. The Balaban J connectivity index is 2.29. The van der Waals surface area contributed by atoms with Gasteiger partial charge in [0.2, 0.25) is 0 Å². The van der Waals surface area contributed by atoms with Crippen LogP contribution in [0.5, 0.6) is 0 Å². The van der Waals surface area contributed by atoms with Gasteiger partial charge < -0.3 is 10.1 Å². The lowest BCUT2D eigenvalue weighted by molar-refractivity contribution is -0.384. The molecule has 2 aromatic carbocycles. The molecule has 1 amide bonds. The summed E-state index contributed by atoms with van der Waals surface area (Å²) >= 11 is 3.28. The summed E-state index contributed by atoms with van der Waals surface area (Å²) in [6.07, 6.45) is 2.78. The van der Waals surface area contributed by atoms with Crippen molar-refractivity contribution in [3.8, 4) is 0 Å². The highest BCUT2D eigenvalue weighted by atomic mass is 79.9. The molecule has 0 saturated heterocycles. The number of carbonyl (C=O) groups excluding carboxylic acids is 2. The normalized spacial score (nSPS) is 10.8. The molecule has 0 spiro atoms. The van der Waals surface area contributed by atoms with Gasteiger partial charge in [-0.2, -0.15) is 0 Å². The van der Waals surface area contributed by atoms with Crippen LogP contribution in [0.2, 0.25) is 0 Å². The van der Waals surface area contributed by atoms with Gasteiger partial charge in [0.15, 0.2) is 0 Å². The molecule has 0 aliphatic rings. The molecule has 138 valence electrons. The minimum Gasteiger partial charge on any atom is -0.457 e. The first-order valence-electron chi connectivity index (χ1n) is 7.72. The Morgan fingerprint density at radius 3 is 2.52 bits per heavy atom. The molecule has 0 bridgehead atoms. The smallest absolute Gasteiger partial charge is 0.355 e. The topological polar surface area (TPSA) is 98.5 Å². The second-order valence-corrected chi connectivity index (χ2v) is 6.17. The van der Waals surface area contributed by atoms with Crippen LogP contribution in [0.25, 0.3) is 6.08 Å². The van der Waals surface area contributed by atoms with Crippen LogP contribution in [0.4, 0.5) is 5.69 Å². The molecule has 0 aliphatic carbocycles. The van der Waals surface area contributed by atoms with E-state index in [-0.39, 0.29) is 18.0 Å². The summed E-state index contributed by atoms with van der Waals surface area (Å²) in [7, 11) is 0. The maximum Gasteiger partial charge on any atom is 0.355 e. The van der Waals surface area contributed by atoms with Crippen LogP contribution in [0, 0.1) is 10.1 Å². The van der Waals surface area contributed by atoms with Gasteiger partial charge in [0.25, 0.3) is 11.6 Å². The average molecular weight is 431 g/mol. The molecule has 0 atom stereocenters. The molecule has 0 unspecified atom stereocenters. The number of benzene rings is 2. The summed E-state index contributed by atoms with van der Waals surface area (Å²) in [6, 6.07) is 12.2. The van der Waals surface area contributed by atoms with E-state index in [0.29, 0.717) is 15.6 Å². The number of halogens is 1. The monoisotopic (exact) mass is 430 g/mol. The Labute approximate surface area is 163 Å². The molecule has 0 saturated carbocycles. The fourth-order valence-corrected chi connectivity index (χ4v) is 2.44. The van der Waals surface area contributed by atoms with E-state index in [1.54, 1.807) is 24.3 Å². The molecule has 27 heavy (non-hydrogen) atoms. The number of esters is 1.